The molecule has 1 atom stereocenters. The number of aryl methyl sites for hydroxylation is 1. The maximum absolute atomic E-state index is 10.3. The molecule has 0 aromatic carbocycles. The Morgan fingerprint density at radius 3 is 3.20 bits per heavy atom. The maximum Gasteiger partial charge on any atom is 0.303 e. The third-order valence-corrected chi connectivity index (χ3v) is 2.46. The molecule has 2 N–H and O–H groups in total. The Balaban J connectivity index is 1.94. The minimum atomic E-state index is -0.850. The molecular formula is C9H13N3O3. The second kappa shape index (κ2) is 4.39. The number of carboxylic acid groups (broad SMARTS) is 1. The number of nitrogens with zero attached hydrogens (tertiary/aromatic N) is 2. The average Bonchev–Trinajstić information content (AvgIpc) is 2.85. The van der Waals surface area contributed by atoms with Crippen LogP contribution in [0.1, 0.15) is 30.5 Å². The Kier molecular flexibility index (Phi) is 2.96. The number of carbonyl (C=O) groups is 1. The van der Waals surface area contributed by atoms with Crippen molar-refractivity contribution in [3.8, 4) is 0 Å². The molecule has 15 heavy (non-hydrogen) atoms. The van der Waals surface area contributed by atoms with Crippen LogP contribution < -0.4 is 5.32 Å². The van der Waals surface area contributed by atoms with Crippen LogP contribution in [0.3, 0.4) is 0 Å². The topological polar surface area (TPSA) is 88.2 Å². The number of hydrogen-bond acceptors (Lipinski definition) is 5. The molecule has 1 aromatic heterocycles. The number of hydrogen-bond donors (Lipinski definition) is 2. The second-order valence-corrected chi connectivity index (χ2v) is 3.63. The van der Waals surface area contributed by atoms with E-state index in [2.05, 4.69) is 15.5 Å². The van der Waals surface area contributed by atoms with Crippen LogP contribution >= 0.6 is 0 Å². The van der Waals surface area contributed by atoms with Crippen molar-refractivity contribution >= 4 is 5.97 Å². The third-order valence-electron chi connectivity index (χ3n) is 2.46. The van der Waals surface area contributed by atoms with Crippen LogP contribution in [0.25, 0.3) is 0 Å². The highest BCUT2D eigenvalue weighted by Gasteiger charge is 2.21. The summed E-state index contributed by atoms with van der Waals surface area (Å²) in [5.41, 5.74) is 0. The summed E-state index contributed by atoms with van der Waals surface area (Å²) in [6.07, 6.45) is 1.35. The van der Waals surface area contributed by atoms with Gasteiger partial charge in [-0.05, 0) is 13.0 Å². The summed E-state index contributed by atoms with van der Waals surface area (Å²) in [6, 6.07) is 0. The summed E-state index contributed by atoms with van der Waals surface area (Å²) < 4.78 is 4.98. The highest BCUT2D eigenvalue weighted by atomic mass is 16.5. The molecule has 0 spiro atoms. The first-order valence-corrected chi connectivity index (χ1v) is 5.00. The first-order chi connectivity index (χ1) is 7.25. The molecule has 1 aliphatic rings. The molecule has 6 heteroatoms. The molecule has 1 unspecified atom stereocenters. The fraction of sp³-hybridized carbons (Fsp3) is 0.667. The zero-order valence-corrected chi connectivity index (χ0v) is 8.27. The Labute approximate surface area is 86.7 Å². The van der Waals surface area contributed by atoms with E-state index in [-0.39, 0.29) is 6.42 Å². The predicted molar refractivity (Wildman–Crippen MR) is 50.5 cm³/mol. The van der Waals surface area contributed by atoms with E-state index in [0.717, 1.165) is 19.5 Å². The van der Waals surface area contributed by atoms with E-state index in [1.54, 1.807) is 0 Å². The van der Waals surface area contributed by atoms with Crippen molar-refractivity contribution in [2.24, 2.45) is 0 Å². The Hall–Kier alpha value is -1.43. The van der Waals surface area contributed by atoms with Crippen LogP contribution in [0, 0.1) is 0 Å². The molecule has 2 heterocycles. The number of aliphatic carboxylic acids is 1. The van der Waals surface area contributed by atoms with Gasteiger partial charge < -0.3 is 14.9 Å². The standard InChI is InChI=1S/C9H13N3O3/c13-8(14)2-1-7-11-9(12-15-7)6-3-4-10-5-6/h6,10H,1-5H2,(H,13,14). The number of carboxylic acids is 1. The molecule has 6 nitrogen and oxygen atoms in total. The van der Waals surface area contributed by atoms with Gasteiger partial charge in [-0.15, -0.1) is 0 Å². The number of nitrogens with one attached hydrogen (secondary N) is 1. The maximum atomic E-state index is 10.3. The largest absolute Gasteiger partial charge is 0.481 e. The van der Waals surface area contributed by atoms with Crippen molar-refractivity contribution in [2.75, 3.05) is 13.1 Å². The van der Waals surface area contributed by atoms with Gasteiger partial charge in [0, 0.05) is 18.9 Å². The average molecular weight is 211 g/mol. The minimum Gasteiger partial charge on any atom is -0.481 e. The summed E-state index contributed by atoms with van der Waals surface area (Å²) in [6.45, 7) is 1.85. The first-order valence-electron chi connectivity index (χ1n) is 5.00. The van der Waals surface area contributed by atoms with Gasteiger partial charge in [0.15, 0.2) is 5.82 Å². The van der Waals surface area contributed by atoms with E-state index < -0.39 is 5.97 Å². The molecule has 1 aromatic rings. The fourth-order valence-electron chi connectivity index (χ4n) is 1.62. The van der Waals surface area contributed by atoms with Gasteiger partial charge in [0.1, 0.15) is 0 Å². The lowest BCUT2D eigenvalue weighted by Gasteiger charge is -1.98. The molecular weight excluding hydrogens is 198 g/mol. The monoisotopic (exact) mass is 211 g/mol. The van der Waals surface area contributed by atoms with Crippen LogP contribution in [0.5, 0.6) is 0 Å². The number of aromatic nitrogens is 2. The Morgan fingerprint density at radius 1 is 1.67 bits per heavy atom. The van der Waals surface area contributed by atoms with E-state index in [1.165, 1.54) is 0 Å². The van der Waals surface area contributed by atoms with Gasteiger partial charge in [0.25, 0.3) is 0 Å². The smallest absolute Gasteiger partial charge is 0.303 e. The van der Waals surface area contributed by atoms with Gasteiger partial charge >= 0.3 is 5.97 Å². The summed E-state index contributed by atoms with van der Waals surface area (Å²) >= 11 is 0. The van der Waals surface area contributed by atoms with Gasteiger partial charge in [-0.1, -0.05) is 5.16 Å². The summed E-state index contributed by atoms with van der Waals surface area (Å²) in [5, 5.41) is 15.6. The highest BCUT2D eigenvalue weighted by molar-refractivity contribution is 5.66. The molecule has 82 valence electrons. The van der Waals surface area contributed by atoms with Crippen molar-refractivity contribution in [1.29, 1.82) is 0 Å². The molecule has 1 saturated heterocycles. The van der Waals surface area contributed by atoms with E-state index in [0.29, 0.717) is 24.1 Å². The van der Waals surface area contributed by atoms with Crippen molar-refractivity contribution < 1.29 is 14.4 Å². The van der Waals surface area contributed by atoms with Crippen LogP contribution in [-0.2, 0) is 11.2 Å². The summed E-state index contributed by atoms with van der Waals surface area (Å²) in [4.78, 5) is 14.5. The van der Waals surface area contributed by atoms with Crippen molar-refractivity contribution in [2.45, 2.75) is 25.2 Å². The summed E-state index contributed by atoms with van der Waals surface area (Å²) in [7, 11) is 0. The third kappa shape index (κ3) is 2.53. The molecule has 1 fully saturated rings. The Morgan fingerprint density at radius 2 is 2.53 bits per heavy atom. The van der Waals surface area contributed by atoms with Crippen molar-refractivity contribution in [1.82, 2.24) is 15.5 Å². The molecule has 1 aliphatic heterocycles. The number of rotatable bonds is 4. The second-order valence-electron chi connectivity index (χ2n) is 3.63. The van der Waals surface area contributed by atoms with Crippen LogP contribution in [0.2, 0.25) is 0 Å². The molecule has 0 bridgehead atoms. The molecule has 2 rings (SSSR count). The van der Waals surface area contributed by atoms with Crippen molar-refractivity contribution in [3.05, 3.63) is 11.7 Å². The van der Waals surface area contributed by atoms with E-state index >= 15 is 0 Å². The van der Waals surface area contributed by atoms with Gasteiger partial charge in [-0.25, -0.2) is 0 Å². The van der Waals surface area contributed by atoms with Gasteiger partial charge in [-0.3, -0.25) is 4.79 Å². The normalized spacial score (nSPS) is 20.7. The van der Waals surface area contributed by atoms with Crippen LogP contribution in [0.4, 0.5) is 0 Å². The zero-order valence-electron chi connectivity index (χ0n) is 8.27. The molecule has 0 saturated carbocycles. The van der Waals surface area contributed by atoms with Crippen molar-refractivity contribution in [3.63, 3.8) is 0 Å². The van der Waals surface area contributed by atoms with Gasteiger partial charge in [0.05, 0.1) is 6.42 Å². The lowest BCUT2D eigenvalue weighted by atomic mass is 10.1. The minimum absolute atomic E-state index is 0.0323. The highest BCUT2D eigenvalue weighted by Crippen LogP contribution is 2.19. The summed E-state index contributed by atoms with van der Waals surface area (Å²) in [5.74, 6) is 0.573. The zero-order chi connectivity index (χ0) is 10.7. The Bertz CT molecular complexity index is 344. The van der Waals surface area contributed by atoms with E-state index in [1.807, 2.05) is 0 Å². The van der Waals surface area contributed by atoms with Crippen LogP contribution in [-0.4, -0.2) is 34.3 Å². The lowest BCUT2D eigenvalue weighted by Crippen LogP contribution is -2.08. The predicted octanol–water partition coefficient (Wildman–Crippen LogP) is 0.164. The van der Waals surface area contributed by atoms with Crippen LogP contribution in [0.15, 0.2) is 4.52 Å². The molecule has 0 amide bonds. The SMILES string of the molecule is O=C(O)CCc1nc(C2CCNC2)no1. The molecule has 0 aliphatic carbocycles. The molecule has 0 radical (unpaired) electrons. The first kappa shape index (κ1) is 10.1. The lowest BCUT2D eigenvalue weighted by molar-refractivity contribution is -0.137. The van der Waals surface area contributed by atoms with Gasteiger partial charge in [-0.2, -0.15) is 4.98 Å². The van der Waals surface area contributed by atoms with E-state index in [9.17, 15) is 4.79 Å². The van der Waals surface area contributed by atoms with E-state index in [4.69, 9.17) is 9.63 Å². The fourth-order valence-corrected chi connectivity index (χ4v) is 1.62. The quantitative estimate of drug-likeness (QED) is 0.737. The van der Waals surface area contributed by atoms with Gasteiger partial charge in [0.2, 0.25) is 5.89 Å².